The highest BCUT2D eigenvalue weighted by molar-refractivity contribution is 5.97. The number of carboxylic acids is 1. The van der Waals surface area contributed by atoms with Crippen LogP contribution in [0.3, 0.4) is 0 Å². The minimum atomic E-state index is -0.994. The molecule has 0 aliphatic carbocycles. The zero-order valence-electron chi connectivity index (χ0n) is 10.9. The highest BCUT2D eigenvalue weighted by atomic mass is 16.5. The van der Waals surface area contributed by atoms with E-state index < -0.39 is 30.0 Å². The lowest BCUT2D eigenvalue weighted by molar-refractivity contribution is -0.145. The van der Waals surface area contributed by atoms with E-state index in [1.54, 1.807) is 18.2 Å². The van der Waals surface area contributed by atoms with Crippen LogP contribution >= 0.6 is 0 Å². The molecule has 0 saturated carbocycles. The molecular formula is C15H15NO4. The summed E-state index contributed by atoms with van der Waals surface area (Å²) in [5.41, 5.74) is 1.64. The molecule has 20 heavy (non-hydrogen) atoms. The van der Waals surface area contributed by atoms with Crippen LogP contribution in [0.5, 0.6) is 0 Å². The summed E-state index contributed by atoms with van der Waals surface area (Å²) < 4.78 is 5.50. The number of carbonyl (C=O) groups excluding carboxylic acids is 1. The fourth-order valence-electron chi connectivity index (χ4n) is 2.84. The van der Waals surface area contributed by atoms with E-state index in [9.17, 15) is 14.7 Å². The van der Waals surface area contributed by atoms with E-state index in [0.717, 1.165) is 5.56 Å². The maximum absolute atomic E-state index is 12.4. The first-order valence-corrected chi connectivity index (χ1v) is 6.51. The van der Waals surface area contributed by atoms with Crippen molar-refractivity contribution in [1.82, 2.24) is 0 Å². The Bertz CT molecular complexity index is 595. The third-order valence-corrected chi connectivity index (χ3v) is 3.89. The smallest absolute Gasteiger partial charge is 0.310 e. The number of rotatable bonds is 3. The topological polar surface area (TPSA) is 75.6 Å². The lowest BCUT2D eigenvalue weighted by atomic mass is 9.82. The minimum absolute atomic E-state index is 0.302. The molecule has 0 radical (unpaired) electrons. The van der Waals surface area contributed by atoms with Gasteiger partial charge in [0.15, 0.2) is 0 Å². The predicted molar refractivity (Wildman–Crippen MR) is 72.2 cm³/mol. The van der Waals surface area contributed by atoms with E-state index in [0.29, 0.717) is 5.69 Å². The maximum Gasteiger partial charge on any atom is 0.310 e. The number of nitrogens with one attached hydrogen (secondary N) is 1. The van der Waals surface area contributed by atoms with Crippen LogP contribution in [0.15, 0.2) is 36.4 Å². The van der Waals surface area contributed by atoms with Crippen LogP contribution in [0.2, 0.25) is 0 Å². The molecule has 2 heterocycles. The van der Waals surface area contributed by atoms with Gasteiger partial charge in [0.1, 0.15) is 5.92 Å². The van der Waals surface area contributed by atoms with Gasteiger partial charge in [-0.1, -0.05) is 30.4 Å². The highest BCUT2D eigenvalue weighted by Gasteiger charge is 2.53. The Kier molecular flexibility index (Phi) is 3.06. The molecule has 1 amide bonds. The number of fused-ring (bicyclic) bond motifs is 2. The molecule has 5 heteroatoms. The Labute approximate surface area is 116 Å². The van der Waals surface area contributed by atoms with Crippen molar-refractivity contribution >= 4 is 17.6 Å². The van der Waals surface area contributed by atoms with Crippen LogP contribution < -0.4 is 5.32 Å². The third kappa shape index (κ3) is 2.00. The Hall–Kier alpha value is -2.14. The number of hydrogen-bond acceptors (Lipinski definition) is 3. The van der Waals surface area contributed by atoms with Gasteiger partial charge in [0.05, 0.1) is 18.1 Å². The molecule has 2 aliphatic heterocycles. The molecule has 3 rings (SSSR count). The number of para-hydroxylation sites is 1. The number of carbonyl (C=O) groups is 2. The normalized spacial score (nSPS) is 30.4. The minimum Gasteiger partial charge on any atom is -0.481 e. The number of ether oxygens (including phenoxy) is 1. The van der Waals surface area contributed by atoms with E-state index in [2.05, 4.69) is 5.32 Å². The molecule has 4 atom stereocenters. The first-order valence-electron chi connectivity index (χ1n) is 6.51. The van der Waals surface area contributed by atoms with Crippen LogP contribution in [0.4, 0.5) is 5.69 Å². The summed E-state index contributed by atoms with van der Waals surface area (Å²) in [6.07, 6.45) is 2.56. The second kappa shape index (κ2) is 4.76. The molecule has 0 spiro atoms. The quantitative estimate of drug-likeness (QED) is 0.820. The number of amides is 1. The first kappa shape index (κ1) is 12.9. The largest absolute Gasteiger partial charge is 0.481 e. The van der Waals surface area contributed by atoms with Crippen molar-refractivity contribution in [3.8, 4) is 0 Å². The first-order chi connectivity index (χ1) is 9.58. The molecular weight excluding hydrogens is 258 g/mol. The summed E-state index contributed by atoms with van der Waals surface area (Å²) in [7, 11) is 0. The molecule has 5 nitrogen and oxygen atoms in total. The molecule has 2 N–H and O–H groups in total. The molecule has 2 bridgehead atoms. The summed E-state index contributed by atoms with van der Waals surface area (Å²) in [4.78, 5) is 23.7. The molecule has 1 aromatic carbocycles. The molecule has 1 saturated heterocycles. The van der Waals surface area contributed by atoms with Gasteiger partial charge in [-0.2, -0.15) is 0 Å². The van der Waals surface area contributed by atoms with Gasteiger partial charge in [0, 0.05) is 5.69 Å². The van der Waals surface area contributed by atoms with Crippen molar-refractivity contribution in [3.63, 3.8) is 0 Å². The molecule has 2 aliphatic rings. The fraction of sp³-hybridized carbons (Fsp3) is 0.333. The van der Waals surface area contributed by atoms with Gasteiger partial charge in [-0.25, -0.2) is 0 Å². The number of aliphatic carboxylic acids is 1. The number of anilines is 1. The van der Waals surface area contributed by atoms with Gasteiger partial charge in [0.2, 0.25) is 5.91 Å². The molecule has 4 unspecified atom stereocenters. The third-order valence-electron chi connectivity index (χ3n) is 3.89. The van der Waals surface area contributed by atoms with E-state index in [-0.39, 0.29) is 5.91 Å². The van der Waals surface area contributed by atoms with E-state index >= 15 is 0 Å². The summed E-state index contributed by atoms with van der Waals surface area (Å²) in [6, 6.07) is 7.40. The molecule has 104 valence electrons. The molecule has 1 fully saturated rings. The summed E-state index contributed by atoms with van der Waals surface area (Å²) in [5, 5.41) is 12.1. The van der Waals surface area contributed by atoms with Crippen LogP contribution in [-0.4, -0.2) is 29.2 Å². The monoisotopic (exact) mass is 273 g/mol. The second-order valence-corrected chi connectivity index (χ2v) is 5.14. The number of carboxylic acid groups (broad SMARTS) is 1. The van der Waals surface area contributed by atoms with Crippen molar-refractivity contribution in [1.29, 1.82) is 0 Å². The van der Waals surface area contributed by atoms with Gasteiger partial charge in [-0.15, -0.1) is 0 Å². The van der Waals surface area contributed by atoms with Gasteiger partial charge in [0.25, 0.3) is 0 Å². The number of aryl methyl sites for hydroxylation is 1. The van der Waals surface area contributed by atoms with Crippen LogP contribution in [0.1, 0.15) is 5.56 Å². The lowest BCUT2D eigenvalue weighted by Crippen LogP contribution is -2.39. The predicted octanol–water partition coefficient (Wildman–Crippen LogP) is 1.59. The average Bonchev–Trinajstić information content (AvgIpc) is 3.01. The Morgan fingerprint density at radius 2 is 1.80 bits per heavy atom. The standard InChI is InChI=1S/C15H15NO4/c1-8-4-2-3-5-9(8)16-14(17)12-10-6-7-11(20-10)13(12)15(18)19/h2-7,10-13H,1H3,(H,16,17)(H,18,19). The lowest BCUT2D eigenvalue weighted by Gasteiger charge is -2.21. The van der Waals surface area contributed by atoms with Crippen molar-refractivity contribution < 1.29 is 19.4 Å². The van der Waals surface area contributed by atoms with Crippen LogP contribution in [0, 0.1) is 18.8 Å². The van der Waals surface area contributed by atoms with Crippen molar-refractivity contribution in [2.45, 2.75) is 19.1 Å². The van der Waals surface area contributed by atoms with E-state index in [1.807, 2.05) is 25.1 Å². The summed E-state index contributed by atoms with van der Waals surface area (Å²) in [5.74, 6) is -2.79. The molecule has 1 aromatic rings. The Balaban J connectivity index is 1.82. The van der Waals surface area contributed by atoms with Crippen LogP contribution in [0.25, 0.3) is 0 Å². The van der Waals surface area contributed by atoms with Gasteiger partial charge in [-0.05, 0) is 18.6 Å². The maximum atomic E-state index is 12.4. The van der Waals surface area contributed by atoms with E-state index in [4.69, 9.17) is 4.74 Å². The fourth-order valence-corrected chi connectivity index (χ4v) is 2.84. The second-order valence-electron chi connectivity index (χ2n) is 5.14. The molecule has 0 aromatic heterocycles. The SMILES string of the molecule is Cc1ccccc1NC(=O)C1C2C=CC(O2)C1C(=O)O. The van der Waals surface area contributed by atoms with Crippen molar-refractivity contribution in [3.05, 3.63) is 42.0 Å². The summed E-state index contributed by atoms with van der Waals surface area (Å²) >= 11 is 0. The zero-order valence-corrected chi connectivity index (χ0v) is 10.9. The zero-order chi connectivity index (χ0) is 14.3. The highest BCUT2D eigenvalue weighted by Crippen LogP contribution is 2.39. The van der Waals surface area contributed by atoms with Crippen molar-refractivity contribution in [2.24, 2.45) is 11.8 Å². The Morgan fingerprint density at radius 3 is 2.45 bits per heavy atom. The van der Waals surface area contributed by atoms with Gasteiger partial charge >= 0.3 is 5.97 Å². The van der Waals surface area contributed by atoms with Gasteiger partial charge < -0.3 is 15.2 Å². The van der Waals surface area contributed by atoms with E-state index in [1.165, 1.54) is 0 Å². The number of benzene rings is 1. The average molecular weight is 273 g/mol. The number of hydrogen-bond donors (Lipinski definition) is 2. The Morgan fingerprint density at radius 1 is 1.15 bits per heavy atom. The van der Waals surface area contributed by atoms with Crippen molar-refractivity contribution in [2.75, 3.05) is 5.32 Å². The van der Waals surface area contributed by atoms with Gasteiger partial charge in [-0.3, -0.25) is 9.59 Å². The van der Waals surface area contributed by atoms with Crippen LogP contribution in [-0.2, 0) is 14.3 Å². The summed E-state index contributed by atoms with van der Waals surface area (Å²) in [6.45, 7) is 1.89.